The average molecular weight is 192 g/mol. The molecule has 0 bridgehead atoms. The molecule has 0 saturated heterocycles. The Morgan fingerprint density at radius 1 is 0.929 bits per heavy atom. The highest BCUT2D eigenvalue weighted by Crippen LogP contribution is 2.29. The van der Waals surface area contributed by atoms with Crippen LogP contribution in [0, 0.1) is 6.92 Å². The zero-order valence-electron chi connectivity index (χ0n) is 7.80. The Bertz CT molecular complexity index is 461. The third-order valence-corrected chi connectivity index (χ3v) is 2.41. The normalized spacial score (nSPS) is 11.1. The molecule has 0 aliphatic heterocycles. The molecule has 2 aromatic carbocycles. The van der Waals surface area contributed by atoms with Crippen molar-refractivity contribution >= 4 is 10.8 Å². The van der Waals surface area contributed by atoms with Gasteiger partial charge in [0.25, 0.3) is 6.43 Å². The van der Waals surface area contributed by atoms with E-state index in [1.807, 2.05) is 19.1 Å². The minimum Gasteiger partial charge on any atom is -0.205 e. The van der Waals surface area contributed by atoms with Crippen molar-refractivity contribution in [3.05, 3.63) is 47.5 Å². The molecule has 2 rings (SSSR count). The number of aryl methyl sites for hydroxylation is 1. The van der Waals surface area contributed by atoms with Crippen molar-refractivity contribution in [3.63, 3.8) is 0 Å². The van der Waals surface area contributed by atoms with Gasteiger partial charge in [-0.1, -0.05) is 36.4 Å². The molecule has 0 unspecified atom stereocenters. The van der Waals surface area contributed by atoms with E-state index in [0.29, 0.717) is 5.39 Å². The van der Waals surface area contributed by atoms with Crippen LogP contribution in [0.4, 0.5) is 8.78 Å². The summed E-state index contributed by atoms with van der Waals surface area (Å²) in [7, 11) is 0. The van der Waals surface area contributed by atoms with Gasteiger partial charge in [0.1, 0.15) is 0 Å². The van der Waals surface area contributed by atoms with Crippen molar-refractivity contribution in [2.75, 3.05) is 0 Å². The highest BCUT2D eigenvalue weighted by molar-refractivity contribution is 5.88. The monoisotopic (exact) mass is 192 g/mol. The molecule has 14 heavy (non-hydrogen) atoms. The second-order valence-corrected chi connectivity index (χ2v) is 3.32. The van der Waals surface area contributed by atoms with Crippen molar-refractivity contribution in [1.82, 2.24) is 0 Å². The summed E-state index contributed by atoms with van der Waals surface area (Å²) in [5.74, 6) is 0. The van der Waals surface area contributed by atoms with E-state index in [0.717, 1.165) is 10.9 Å². The smallest absolute Gasteiger partial charge is 0.205 e. The first-order valence-corrected chi connectivity index (χ1v) is 4.46. The van der Waals surface area contributed by atoms with Crippen molar-refractivity contribution in [2.24, 2.45) is 0 Å². The summed E-state index contributed by atoms with van der Waals surface area (Å²) >= 11 is 0. The molecule has 0 aliphatic carbocycles. The van der Waals surface area contributed by atoms with Gasteiger partial charge in [-0.25, -0.2) is 8.78 Å². The van der Waals surface area contributed by atoms with Gasteiger partial charge in [-0.2, -0.15) is 0 Å². The average Bonchev–Trinajstić information content (AvgIpc) is 2.18. The van der Waals surface area contributed by atoms with Crippen LogP contribution in [0.25, 0.3) is 10.8 Å². The standard InChI is InChI=1S/C12H10F2/c1-8-6-7-11(12(13)14)10-5-3-2-4-9(8)10/h2-7,12H,1H3. The largest absolute Gasteiger partial charge is 0.264 e. The van der Waals surface area contributed by atoms with Crippen LogP contribution < -0.4 is 0 Å². The Morgan fingerprint density at radius 2 is 1.57 bits per heavy atom. The number of alkyl halides is 2. The summed E-state index contributed by atoms with van der Waals surface area (Å²) in [6.07, 6.45) is -2.40. The molecule has 0 fully saturated rings. The molecule has 0 nitrogen and oxygen atoms in total. The van der Waals surface area contributed by atoms with Crippen LogP contribution in [0.3, 0.4) is 0 Å². The number of rotatable bonds is 1. The molecule has 2 aromatic rings. The van der Waals surface area contributed by atoms with E-state index < -0.39 is 6.43 Å². The topological polar surface area (TPSA) is 0 Å². The molecule has 0 heterocycles. The minimum atomic E-state index is -2.40. The minimum absolute atomic E-state index is 0.117. The molecule has 0 saturated carbocycles. The number of hydrogen-bond acceptors (Lipinski definition) is 0. The van der Waals surface area contributed by atoms with E-state index in [4.69, 9.17) is 0 Å². The van der Waals surface area contributed by atoms with Gasteiger partial charge in [-0.05, 0) is 23.3 Å². The van der Waals surface area contributed by atoms with Crippen molar-refractivity contribution in [2.45, 2.75) is 13.3 Å². The fourth-order valence-corrected chi connectivity index (χ4v) is 1.66. The lowest BCUT2D eigenvalue weighted by molar-refractivity contribution is 0.153. The fourth-order valence-electron chi connectivity index (χ4n) is 1.66. The molecule has 0 aromatic heterocycles. The number of halogens is 2. The van der Waals surface area contributed by atoms with Gasteiger partial charge in [0.2, 0.25) is 0 Å². The summed E-state index contributed by atoms with van der Waals surface area (Å²) < 4.78 is 25.3. The number of benzene rings is 2. The maximum absolute atomic E-state index is 12.6. The Labute approximate surface area is 81.2 Å². The summed E-state index contributed by atoms with van der Waals surface area (Å²) in [5.41, 5.74) is 1.15. The van der Waals surface area contributed by atoms with Gasteiger partial charge in [-0.15, -0.1) is 0 Å². The Balaban J connectivity index is 2.82. The number of fused-ring (bicyclic) bond motifs is 1. The maximum atomic E-state index is 12.6. The Hall–Kier alpha value is -1.44. The van der Waals surface area contributed by atoms with Crippen LogP contribution in [0.5, 0.6) is 0 Å². The van der Waals surface area contributed by atoms with Crippen LogP contribution in [0.2, 0.25) is 0 Å². The molecule has 0 amide bonds. The summed E-state index contributed by atoms with van der Waals surface area (Å²) in [5, 5.41) is 1.56. The summed E-state index contributed by atoms with van der Waals surface area (Å²) in [6, 6.07) is 10.5. The first-order valence-electron chi connectivity index (χ1n) is 4.46. The first kappa shape index (κ1) is 9.13. The van der Waals surface area contributed by atoms with E-state index >= 15 is 0 Å². The lowest BCUT2D eigenvalue weighted by atomic mass is 10.0. The quantitative estimate of drug-likeness (QED) is 0.638. The molecule has 0 radical (unpaired) electrons. The van der Waals surface area contributed by atoms with Crippen LogP contribution in [-0.2, 0) is 0 Å². The molecule has 0 atom stereocenters. The SMILES string of the molecule is Cc1ccc(C(F)F)c2ccccc12. The van der Waals surface area contributed by atoms with Crippen molar-refractivity contribution < 1.29 is 8.78 Å². The van der Waals surface area contributed by atoms with E-state index in [1.54, 1.807) is 18.2 Å². The van der Waals surface area contributed by atoms with Crippen LogP contribution in [-0.4, -0.2) is 0 Å². The molecule has 0 aliphatic rings. The van der Waals surface area contributed by atoms with Crippen molar-refractivity contribution in [3.8, 4) is 0 Å². The summed E-state index contributed by atoms with van der Waals surface area (Å²) in [4.78, 5) is 0. The van der Waals surface area contributed by atoms with Crippen LogP contribution >= 0.6 is 0 Å². The van der Waals surface area contributed by atoms with Gasteiger partial charge in [0.15, 0.2) is 0 Å². The predicted octanol–water partition coefficient (Wildman–Crippen LogP) is 4.09. The third-order valence-electron chi connectivity index (χ3n) is 2.41. The van der Waals surface area contributed by atoms with Crippen molar-refractivity contribution in [1.29, 1.82) is 0 Å². The van der Waals surface area contributed by atoms with Gasteiger partial charge in [-0.3, -0.25) is 0 Å². The van der Waals surface area contributed by atoms with Crippen LogP contribution in [0.15, 0.2) is 36.4 Å². The third kappa shape index (κ3) is 1.37. The molecular formula is C12H10F2. The van der Waals surface area contributed by atoms with Crippen LogP contribution in [0.1, 0.15) is 17.6 Å². The Morgan fingerprint density at radius 3 is 2.21 bits per heavy atom. The van der Waals surface area contributed by atoms with Gasteiger partial charge in [0, 0.05) is 5.56 Å². The summed E-state index contributed by atoms with van der Waals surface area (Å²) in [6.45, 7) is 1.93. The van der Waals surface area contributed by atoms with E-state index in [9.17, 15) is 8.78 Å². The molecule has 2 heteroatoms. The lowest BCUT2D eigenvalue weighted by Gasteiger charge is -2.07. The lowest BCUT2D eigenvalue weighted by Crippen LogP contribution is -1.88. The second kappa shape index (κ2) is 3.37. The molecule has 72 valence electrons. The molecular weight excluding hydrogens is 182 g/mol. The van der Waals surface area contributed by atoms with E-state index in [2.05, 4.69) is 0 Å². The fraction of sp³-hybridized carbons (Fsp3) is 0.167. The van der Waals surface area contributed by atoms with E-state index in [-0.39, 0.29) is 5.56 Å². The molecule has 0 spiro atoms. The molecule has 0 N–H and O–H groups in total. The van der Waals surface area contributed by atoms with Gasteiger partial charge >= 0.3 is 0 Å². The van der Waals surface area contributed by atoms with Gasteiger partial charge < -0.3 is 0 Å². The number of hydrogen-bond donors (Lipinski definition) is 0. The maximum Gasteiger partial charge on any atom is 0.264 e. The first-order chi connectivity index (χ1) is 6.70. The van der Waals surface area contributed by atoms with Gasteiger partial charge in [0.05, 0.1) is 0 Å². The highest BCUT2D eigenvalue weighted by atomic mass is 19.3. The van der Waals surface area contributed by atoms with E-state index in [1.165, 1.54) is 6.07 Å². The Kier molecular flexibility index (Phi) is 2.20. The highest BCUT2D eigenvalue weighted by Gasteiger charge is 2.11. The second-order valence-electron chi connectivity index (χ2n) is 3.32. The zero-order chi connectivity index (χ0) is 10.1. The predicted molar refractivity (Wildman–Crippen MR) is 53.6 cm³/mol. The zero-order valence-corrected chi connectivity index (χ0v) is 7.80.